The van der Waals surface area contributed by atoms with Crippen LogP contribution in [-0.2, 0) is 0 Å². The van der Waals surface area contributed by atoms with E-state index in [-0.39, 0.29) is 0 Å². The first-order valence-corrected chi connectivity index (χ1v) is 2.95. The molecule has 0 saturated carbocycles. The van der Waals surface area contributed by atoms with E-state index in [1.165, 1.54) is 0 Å². The number of hydrogen-bond donors (Lipinski definition) is 1. The minimum absolute atomic E-state index is 0.816. The molecule has 50 valence electrons. The van der Waals surface area contributed by atoms with Gasteiger partial charge in [0.15, 0.2) is 0 Å². The van der Waals surface area contributed by atoms with Crippen LogP contribution >= 0.6 is 0 Å². The summed E-state index contributed by atoms with van der Waals surface area (Å²) in [5, 5.41) is 3.10. The molecule has 0 saturated heterocycles. The van der Waals surface area contributed by atoms with Gasteiger partial charge in [-0.25, -0.2) is 0 Å². The maximum Gasteiger partial charge on any atom is 0.0325 e. The van der Waals surface area contributed by atoms with Crippen LogP contribution in [0, 0.1) is 0 Å². The van der Waals surface area contributed by atoms with Crippen LogP contribution in [0.25, 0.3) is 0 Å². The molecule has 1 nitrogen and oxygen atoms in total. The van der Waals surface area contributed by atoms with Crippen molar-refractivity contribution in [1.29, 1.82) is 0 Å². The highest BCUT2D eigenvalue weighted by molar-refractivity contribution is 5.06. The third-order valence-corrected chi connectivity index (χ3v) is 0.893. The smallest absolute Gasteiger partial charge is 0.0325 e. The molecule has 0 aliphatic carbocycles. The van der Waals surface area contributed by atoms with Crippen molar-refractivity contribution >= 4 is 0 Å². The van der Waals surface area contributed by atoms with E-state index < -0.39 is 0 Å². The van der Waals surface area contributed by atoms with Crippen molar-refractivity contribution in [3.63, 3.8) is 0 Å². The fraction of sp³-hybridized carbons (Fsp3) is 0.250. The van der Waals surface area contributed by atoms with E-state index in [2.05, 4.69) is 18.5 Å². The van der Waals surface area contributed by atoms with Gasteiger partial charge in [-0.05, 0) is 13.0 Å². The molecule has 0 spiro atoms. The third kappa shape index (κ3) is 4.88. The van der Waals surface area contributed by atoms with Crippen molar-refractivity contribution < 1.29 is 0 Å². The van der Waals surface area contributed by atoms with Gasteiger partial charge in [0, 0.05) is 12.2 Å². The Morgan fingerprint density at radius 3 is 2.67 bits per heavy atom. The number of rotatable bonds is 4. The van der Waals surface area contributed by atoms with Gasteiger partial charge in [0.2, 0.25) is 0 Å². The fourth-order valence-electron chi connectivity index (χ4n) is 0.469. The van der Waals surface area contributed by atoms with Gasteiger partial charge in [-0.1, -0.05) is 18.7 Å². The molecule has 0 heterocycles. The number of nitrogens with one attached hydrogen (secondary N) is 1. The van der Waals surface area contributed by atoms with E-state index >= 15 is 0 Å². The highest BCUT2D eigenvalue weighted by atomic mass is 14.9. The molecule has 0 aliphatic rings. The Labute approximate surface area is 56.8 Å². The summed E-state index contributed by atoms with van der Waals surface area (Å²) in [4.78, 5) is 0. The van der Waals surface area contributed by atoms with Crippen LogP contribution in [0.3, 0.4) is 0 Å². The summed E-state index contributed by atoms with van der Waals surface area (Å²) in [5.41, 5.74) is 1.12. The summed E-state index contributed by atoms with van der Waals surface area (Å²) in [6.07, 6.45) is 5.50. The summed E-state index contributed by atoms with van der Waals surface area (Å²) < 4.78 is 0. The predicted molar refractivity (Wildman–Crippen MR) is 42.2 cm³/mol. The fourth-order valence-corrected chi connectivity index (χ4v) is 0.469. The van der Waals surface area contributed by atoms with E-state index in [1.807, 2.05) is 19.1 Å². The van der Waals surface area contributed by atoms with Gasteiger partial charge < -0.3 is 5.32 Å². The molecule has 0 aliphatic heterocycles. The lowest BCUT2D eigenvalue weighted by molar-refractivity contribution is 0.906. The highest BCUT2D eigenvalue weighted by Crippen LogP contribution is 1.84. The van der Waals surface area contributed by atoms with Crippen LogP contribution in [0.4, 0.5) is 0 Å². The second-order valence-corrected chi connectivity index (χ2v) is 1.75. The van der Waals surface area contributed by atoms with Gasteiger partial charge in [0.05, 0.1) is 0 Å². The maximum atomic E-state index is 3.58. The van der Waals surface area contributed by atoms with Crippen LogP contribution in [0.2, 0.25) is 0 Å². The highest BCUT2D eigenvalue weighted by Gasteiger charge is 1.78. The molecule has 0 amide bonds. The average Bonchev–Trinajstić information content (AvgIpc) is 1.85. The van der Waals surface area contributed by atoms with Gasteiger partial charge in [-0.2, -0.15) is 0 Å². The van der Waals surface area contributed by atoms with Crippen molar-refractivity contribution in [1.82, 2.24) is 5.32 Å². The minimum Gasteiger partial charge on any atom is -0.385 e. The Bertz CT molecular complexity index is 123. The van der Waals surface area contributed by atoms with Crippen molar-refractivity contribution in [2.75, 3.05) is 6.54 Å². The van der Waals surface area contributed by atoms with Crippen LogP contribution in [0.5, 0.6) is 0 Å². The second kappa shape index (κ2) is 5.16. The van der Waals surface area contributed by atoms with Crippen LogP contribution in [0.15, 0.2) is 37.1 Å². The molecule has 0 bridgehead atoms. The third-order valence-electron chi connectivity index (χ3n) is 0.893. The molecule has 0 atom stereocenters. The molecular formula is C8H13N. The molecule has 0 aromatic carbocycles. The largest absolute Gasteiger partial charge is 0.385 e. The lowest BCUT2D eigenvalue weighted by Gasteiger charge is -1.99. The standard InChI is InChI=1S/C8H13N/c1-4-6-8(3)9-7-5-2/h4-6,9H,1-2,7H2,3H3/b8-6-. The van der Waals surface area contributed by atoms with Crippen molar-refractivity contribution in [3.8, 4) is 0 Å². The molecule has 0 aromatic heterocycles. The summed E-state index contributed by atoms with van der Waals surface area (Å²) >= 11 is 0. The van der Waals surface area contributed by atoms with E-state index in [0.29, 0.717) is 0 Å². The van der Waals surface area contributed by atoms with E-state index in [0.717, 1.165) is 12.2 Å². The first kappa shape index (κ1) is 8.02. The van der Waals surface area contributed by atoms with E-state index in [1.54, 1.807) is 6.08 Å². The average molecular weight is 123 g/mol. The SMILES string of the molecule is C=C/C=C(/C)NCC=C. The molecule has 9 heavy (non-hydrogen) atoms. The Hall–Kier alpha value is -0.980. The zero-order valence-electron chi connectivity index (χ0n) is 5.85. The number of hydrogen-bond acceptors (Lipinski definition) is 1. The zero-order chi connectivity index (χ0) is 7.11. The maximum absolute atomic E-state index is 3.58. The molecule has 1 heteroatoms. The first-order chi connectivity index (χ1) is 4.31. The monoisotopic (exact) mass is 123 g/mol. The first-order valence-electron chi connectivity index (χ1n) is 2.95. The molecular weight excluding hydrogens is 110 g/mol. The minimum atomic E-state index is 0.816. The topological polar surface area (TPSA) is 12.0 Å². The lowest BCUT2D eigenvalue weighted by atomic mass is 10.4. The summed E-state index contributed by atoms with van der Waals surface area (Å²) in [5.74, 6) is 0. The number of allylic oxidation sites excluding steroid dienone is 3. The van der Waals surface area contributed by atoms with Crippen LogP contribution in [-0.4, -0.2) is 6.54 Å². The molecule has 0 aromatic rings. The summed E-state index contributed by atoms with van der Waals surface area (Å²) in [6, 6.07) is 0. The Kier molecular flexibility index (Phi) is 4.60. The molecule has 1 N–H and O–H groups in total. The predicted octanol–water partition coefficient (Wildman–Crippen LogP) is 1.85. The molecule has 0 unspecified atom stereocenters. The lowest BCUT2D eigenvalue weighted by Crippen LogP contribution is -2.09. The Morgan fingerprint density at radius 2 is 2.22 bits per heavy atom. The van der Waals surface area contributed by atoms with Gasteiger partial charge in [-0.3, -0.25) is 0 Å². The quantitative estimate of drug-likeness (QED) is 0.444. The summed E-state index contributed by atoms with van der Waals surface area (Å²) in [7, 11) is 0. The van der Waals surface area contributed by atoms with Gasteiger partial charge in [-0.15, -0.1) is 6.58 Å². The molecule has 0 fully saturated rings. The second-order valence-electron chi connectivity index (χ2n) is 1.75. The van der Waals surface area contributed by atoms with Gasteiger partial charge in [0.1, 0.15) is 0 Å². The Morgan fingerprint density at radius 1 is 1.56 bits per heavy atom. The van der Waals surface area contributed by atoms with Crippen molar-refractivity contribution in [2.45, 2.75) is 6.92 Å². The molecule has 0 radical (unpaired) electrons. The van der Waals surface area contributed by atoms with Crippen LogP contribution in [0.1, 0.15) is 6.92 Å². The normalized spacial score (nSPS) is 10.6. The van der Waals surface area contributed by atoms with Gasteiger partial charge >= 0.3 is 0 Å². The van der Waals surface area contributed by atoms with E-state index in [9.17, 15) is 0 Å². The summed E-state index contributed by atoms with van der Waals surface area (Å²) in [6.45, 7) is 9.95. The Balaban J connectivity index is 3.47. The zero-order valence-corrected chi connectivity index (χ0v) is 5.85. The van der Waals surface area contributed by atoms with Gasteiger partial charge in [0.25, 0.3) is 0 Å². The van der Waals surface area contributed by atoms with E-state index in [4.69, 9.17) is 0 Å². The van der Waals surface area contributed by atoms with Crippen molar-refractivity contribution in [3.05, 3.63) is 37.1 Å². The van der Waals surface area contributed by atoms with Crippen LogP contribution < -0.4 is 5.32 Å². The van der Waals surface area contributed by atoms with Crippen molar-refractivity contribution in [2.24, 2.45) is 0 Å². The molecule has 0 rings (SSSR count).